The van der Waals surface area contributed by atoms with Gasteiger partial charge in [-0.15, -0.1) is 0 Å². The SMILES string of the molecule is Cc1cc(C)c(/C(N)=C(\Cl)C=N)cc1C(=O)N1CC(F)(c2ccc(C#N)cc2)C1. The summed E-state index contributed by atoms with van der Waals surface area (Å²) in [5.41, 5.74) is 8.10. The van der Waals surface area contributed by atoms with Gasteiger partial charge < -0.3 is 16.0 Å². The molecule has 1 amide bonds. The fraction of sp³-hybridized carbons (Fsp3) is 0.227. The van der Waals surface area contributed by atoms with Crippen LogP contribution < -0.4 is 5.73 Å². The van der Waals surface area contributed by atoms with Crippen LogP contribution in [0.25, 0.3) is 5.70 Å². The molecule has 1 saturated heterocycles. The first-order valence-corrected chi connectivity index (χ1v) is 9.34. The van der Waals surface area contributed by atoms with Crippen molar-refractivity contribution in [3.63, 3.8) is 0 Å². The minimum Gasteiger partial charge on any atom is -0.397 e. The van der Waals surface area contributed by atoms with Crippen LogP contribution in [-0.2, 0) is 5.67 Å². The van der Waals surface area contributed by atoms with Crippen molar-refractivity contribution in [3.05, 3.63) is 74.8 Å². The minimum absolute atomic E-state index is 0.0625. The van der Waals surface area contributed by atoms with E-state index in [0.717, 1.165) is 17.3 Å². The summed E-state index contributed by atoms with van der Waals surface area (Å²) in [5.74, 6) is -0.288. The Morgan fingerprint density at radius 1 is 1.24 bits per heavy atom. The van der Waals surface area contributed by atoms with Crippen LogP contribution in [0, 0.1) is 30.6 Å². The summed E-state index contributed by atoms with van der Waals surface area (Å²) in [7, 11) is 0. The Morgan fingerprint density at radius 3 is 2.38 bits per heavy atom. The number of benzene rings is 2. The molecular weight excluding hydrogens is 391 g/mol. The molecule has 3 rings (SSSR count). The van der Waals surface area contributed by atoms with E-state index in [1.165, 1.54) is 4.90 Å². The smallest absolute Gasteiger partial charge is 0.254 e. The Kier molecular flexibility index (Phi) is 5.45. The number of halogens is 2. The molecule has 1 aliphatic rings. The summed E-state index contributed by atoms with van der Waals surface area (Å²) in [4.78, 5) is 14.4. The molecule has 0 aromatic heterocycles. The number of amides is 1. The van der Waals surface area contributed by atoms with Crippen molar-refractivity contribution in [1.82, 2.24) is 4.90 Å². The quantitative estimate of drug-likeness (QED) is 0.745. The topological polar surface area (TPSA) is 94.0 Å². The van der Waals surface area contributed by atoms with Gasteiger partial charge in [-0.1, -0.05) is 29.8 Å². The normalized spacial score (nSPS) is 15.8. The van der Waals surface area contributed by atoms with Gasteiger partial charge in [0, 0.05) is 17.3 Å². The monoisotopic (exact) mass is 410 g/mol. The predicted octanol–water partition coefficient (Wildman–Crippen LogP) is 4.01. The van der Waals surface area contributed by atoms with Crippen LogP contribution in [0.3, 0.4) is 0 Å². The van der Waals surface area contributed by atoms with E-state index in [4.69, 9.17) is 28.0 Å². The molecule has 0 unspecified atom stereocenters. The Bertz CT molecular complexity index is 1060. The number of alkyl halides is 1. The fourth-order valence-corrected chi connectivity index (χ4v) is 3.58. The van der Waals surface area contributed by atoms with E-state index in [1.807, 2.05) is 26.0 Å². The van der Waals surface area contributed by atoms with Gasteiger partial charge in [-0.2, -0.15) is 5.26 Å². The molecule has 0 atom stereocenters. The first-order valence-electron chi connectivity index (χ1n) is 8.96. The molecule has 1 fully saturated rings. The molecule has 3 N–H and O–H groups in total. The Balaban J connectivity index is 1.85. The predicted molar refractivity (Wildman–Crippen MR) is 112 cm³/mol. The molecule has 7 heteroatoms. The molecular formula is C22H20ClFN4O. The molecule has 29 heavy (non-hydrogen) atoms. The molecule has 0 bridgehead atoms. The van der Waals surface area contributed by atoms with Gasteiger partial charge >= 0.3 is 0 Å². The number of nitrogens with one attached hydrogen (secondary N) is 1. The lowest BCUT2D eigenvalue weighted by Crippen LogP contribution is -2.58. The van der Waals surface area contributed by atoms with Crippen molar-refractivity contribution in [3.8, 4) is 6.07 Å². The molecule has 5 nitrogen and oxygen atoms in total. The van der Waals surface area contributed by atoms with Crippen LogP contribution in [0.1, 0.15) is 38.2 Å². The average Bonchev–Trinajstić information content (AvgIpc) is 2.70. The summed E-state index contributed by atoms with van der Waals surface area (Å²) in [6.07, 6.45) is 0.947. The first-order chi connectivity index (χ1) is 13.7. The van der Waals surface area contributed by atoms with E-state index < -0.39 is 5.67 Å². The molecule has 2 aromatic rings. The number of nitrogens with two attached hydrogens (primary N) is 1. The molecule has 1 heterocycles. The van der Waals surface area contributed by atoms with Crippen LogP contribution in [-0.4, -0.2) is 30.1 Å². The van der Waals surface area contributed by atoms with Gasteiger partial charge in [-0.25, -0.2) is 4.39 Å². The number of rotatable bonds is 4. The molecule has 148 valence electrons. The number of likely N-dealkylation sites (tertiary alicyclic amines) is 1. The Morgan fingerprint density at radius 2 is 1.83 bits per heavy atom. The van der Waals surface area contributed by atoms with Crippen molar-refractivity contribution >= 4 is 29.4 Å². The van der Waals surface area contributed by atoms with Crippen molar-refractivity contribution in [2.45, 2.75) is 19.5 Å². The third kappa shape index (κ3) is 3.74. The van der Waals surface area contributed by atoms with E-state index in [1.54, 1.807) is 30.3 Å². The van der Waals surface area contributed by atoms with Crippen molar-refractivity contribution < 1.29 is 9.18 Å². The highest BCUT2D eigenvalue weighted by Gasteiger charge is 2.47. The summed E-state index contributed by atoms with van der Waals surface area (Å²) < 4.78 is 15.2. The maximum atomic E-state index is 15.2. The highest BCUT2D eigenvalue weighted by molar-refractivity contribution is 6.42. The minimum atomic E-state index is -1.63. The highest BCUT2D eigenvalue weighted by Crippen LogP contribution is 2.37. The molecule has 2 aromatic carbocycles. The van der Waals surface area contributed by atoms with Crippen LogP contribution in [0.4, 0.5) is 4.39 Å². The Labute approximate surface area is 173 Å². The van der Waals surface area contributed by atoms with Gasteiger partial charge in [0.1, 0.15) is 0 Å². The summed E-state index contributed by atoms with van der Waals surface area (Å²) in [6, 6.07) is 11.8. The molecule has 0 spiro atoms. The van der Waals surface area contributed by atoms with E-state index in [2.05, 4.69) is 0 Å². The number of carbonyl (C=O) groups is 1. The lowest BCUT2D eigenvalue weighted by Gasteiger charge is -2.45. The number of allylic oxidation sites excluding steroid dienone is 1. The van der Waals surface area contributed by atoms with Crippen LogP contribution in [0.2, 0.25) is 0 Å². The fourth-order valence-electron chi connectivity index (χ4n) is 3.48. The molecule has 0 aliphatic carbocycles. The first kappa shape index (κ1) is 20.6. The van der Waals surface area contributed by atoms with Gasteiger partial charge in [0.25, 0.3) is 5.91 Å². The summed E-state index contributed by atoms with van der Waals surface area (Å²) in [5, 5.41) is 16.2. The largest absolute Gasteiger partial charge is 0.397 e. The lowest BCUT2D eigenvalue weighted by molar-refractivity contribution is -0.0231. The molecule has 1 aliphatic heterocycles. The zero-order valence-electron chi connectivity index (χ0n) is 16.1. The van der Waals surface area contributed by atoms with Crippen LogP contribution in [0.5, 0.6) is 0 Å². The van der Waals surface area contributed by atoms with E-state index in [9.17, 15) is 4.79 Å². The van der Waals surface area contributed by atoms with Crippen molar-refractivity contribution in [2.75, 3.05) is 13.1 Å². The number of nitrogens with zero attached hydrogens (tertiary/aromatic N) is 2. The average molecular weight is 411 g/mol. The van der Waals surface area contributed by atoms with Gasteiger partial charge in [0.15, 0.2) is 5.67 Å². The summed E-state index contributed by atoms with van der Waals surface area (Å²) in [6.45, 7) is 3.53. The van der Waals surface area contributed by atoms with E-state index >= 15 is 4.39 Å². The van der Waals surface area contributed by atoms with Gasteiger partial charge in [0.05, 0.1) is 35.5 Å². The number of hydrogen-bond donors (Lipinski definition) is 2. The standard InChI is InChI=1S/C22H20ClFN4O/c1-13-7-14(2)18(8-17(13)20(27)19(23)10-26)21(29)28-11-22(24,12-28)16-5-3-15(9-25)4-6-16/h3-8,10,26H,11-12,27H2,1-2H3/b20-19+,26-10?. The van der Waals surface area contributed by atoms with E-state index in [0.29, 0.717) is 22.3 Å². The van der Waals surface area contributed by atoms with Gasteiger partial charge in [-0.05, 0) is 48.7 Å². The van der Waals surface area contributed by atoms with Gasteiger partial charge in [0.2, 0.25) is 0 Å². The zero-order valence-corrected chi connectivity index (χ0v) is 16.8. The molecule has 0 radical (unpaired) electrons. The maximum Gasteiger partial charge on any atom is 0.254 e. The molecule has 0 saturated carbocycles. The second kappa shape index (κ2) is 7.69. The van der Waals surface area contributed by atoms with Gasteiger partial charge in [-0.3, -0.25) is 4.79 Å². The van der Waals surface area contributed by atoms with Crippen molar-refractivity contribution in [2.24, 2.45) is 5.73 Å². The Hall–Kier alpha value is -3.17. The van der Waals surface area contributed by atoms with Crippen LogP contribution >= 0.6 is 11.6 Å². The maximum absolute atomic E-state index is 15.2. The summed E-state index contributed by atoms with van der Waals surface area (Å²) >= 11 is 5.97. The zero-order chi connectivity index (χ0) is 21.3. The van der Waals surface area contributed by atoms with Crippen molar-refractivity contribution in [1.29, 1.82) is 10.7 Å². The number of hydrogen-bond acceptors (Lipinski definition) is 4. The number of nitriles is 1. The lowest BCUT2D eigenvalue weighted by atomic mass is 9.86. The van der Waals surface area contributed by atoms with E-state index in [-0.39, 0.29) is 29.7 Å². The second-order valence-corrected chi connectivity index (χ2v) is 7.61. The van der Waals surface area contributed by atoms with Crippen LogP contribution in [0.15, 0.2) is 41.4 Å². The number of aryl methyl sites for hydroxylation is 2. The highest BCUT2D eigenvalue weighted by atomic mass is 35.5. The second-order valence-electron chi connectivity index (χ2n) is 7.20. The third-order valence-corrected chi connectivity index (χ3v) is 5.49. The third-order valence-electron chi connectivity index (χ3n) is 5.18. The number of carbonyl (C=O) groups excluding carboxylic acids is 1.